The highest BCUT2D eigenvalue weighted by molar-refractivity contribution is 5.95. The van der Waals surface area contributed by atoms with Crippen molar-refractivity contribution in [2.75, 3.05) is 0 Å². The van der Waals surface area contributed by atoms with Crippen LogP contribution >= 0.6 is 0 Å². The predicted molar refractivity (Wildman–Crippen MR) is 75.6 cm³/mol. The number of hydrogen-bond donors (Lipinski definition) is 2. The Morgan fingerprint density at radius 3 is 2.40 bits per heavy atom. The second-order valence-corrected chi connectivity index (χ2v) is 5.41. The molecule has 0 saturated heterocycles. The van der Waals surface area contributed by atoms with Gasteiger partial charge in [-0.05, 0) is 17.9 Å². The van der Waals surface area contributed by atoms with Crippen molar-refractivity contribution in [1.29, 1.82) is 0 Å². The summed E-state index contributed by atoms with van der Waals surface area (Å²) in [7, 11) is 1.77. The van der Waals surface area contributed by atoms with E-state index in [1.54, 1.807) is 24.7 Å². The Kier molecular flexibility index (Phi) is 5.30. The summed E-state index contributed by atoms with van der Waals surface area (Å²) in [4.78, 5) is 23.3. The Balaban J connectivity index is 2.89. The predicted octanol–water partition coefficient (Wildman–Crippen LogP) is 1.77. The van der Waals surface area contributed by atoms with E-state index >= 15 is 0 Å². The van der Waals surface area contributed by atoms with E-state index in [9.17, 15) is 14.7 Å². The SMILES string of the molecule is CCC(C)C(NC(=O)c1cc(C(C)C)n(C)n1)C(=O)O. The van der Waals surface area contributed by atoms with Gasteiger partial charge in [0.05, 0.1) is 0 Å². The molecule has 1 rings (SSSR count). The minimum absolute atomic E-state index is 0.135. The summed E-state index contributed by atoms with van der Waals surface area (Å²) in [6.07, 6.45) is 0.677. The molecule has 0 aliphatic heterocycles. The van der Waals surface area contributed by atoms with Gasteiger partial charge in [-0.25, -0.2) is 4.79 Å². The molecule has 1 heterocycles. The largest absolute Gasteiger partial charge is 0.480 e. The van der Waals surface area contributed by atoms with E-state index in [1.165, 1.54) is 0 Å². The van der Waals surface area contributed by atoms with Gasteiger partial charge < -0.3 is 10.4 Å². The zero-order valence-electron chi connectivity index (χ0n) is 12.7. The summed E-state index contributed by atoms with van der Waals surface area (Å²) in [5, 5.41) is 15.9. The van der Waals surface area contributed by atoms with Gasteiger partial charge >= 0.3 is 5.97 Å². The molecule has 2 N–H and O–H groups in total. The van der Waals surface area contributed by atoms with Crippen molar-refractivity contribution in [2.45, 2.75) is 46.1 Å². The third-order valence-electron chi connectivity index (χ3n) is 3.51. The zero-order chi connectivity index (χ0) is 15.4. The fourth-order valence-electron chi connectivity index (χ4n) is 2.03. The third-order valence-corrected chi connectivity index (χ3v) is 3.51. The lowest BCUT2D eigenvalue weighted by Crippen LogP contribution is -2.45. The van der Waals surface area contributed by atoms with Crippen LogP contribution < -0.4 is 5.32 Å². The lowest BCUT2D eigenvalue weighted by molar-refractivity contribution is -0.140. The fourth-order valence-corrected chi connectivity index (χ4v) is 2.03. The molecule has 20 heavy (non-hydrogen) atoms. The van der Waals surface area contributed by atoms with Crippen LogP contribution in [0.4, 0.5) is 0 Å². The Morgan fingerprint density at radius 2 is 2.00 bits per heavy atom. The Bertz CT molecular complexity index is 494. The van der Waals surface area contributed by atoms with Gasteiger partial charge in [0.15, 0.2) is 0 Å². The second-order valence-electron chi connectivity index (χ2n) is 5.41. The van der Waals surface area contributed by atoms with Gasteiger partial charge in [0.25, 0.3) is 5.91 Å². The van der Waals surface area contributed by atoms with E-state index in [1.807, 2.05) is 20.8 Å². The standard InChI is InChI=1S/C14H23N3O3/c1-6-9(4)12(14(19)20)15-13(18)10-7-11(8(2)3)17(5)16-10/h7-9,12H,6H2,1-5H3,(H,15,18)(H,19,20). The van der Waals surface area contributed by atoms with Crippen LogP contribution in [0.2, 0.25) is 0 Å². The van der Waals surface area contributed by atoms with Gasteiger partial charge in [0.1, 0.15) is 11.7 Å². The summed E-state index contributed by atoms with van der Waals surface area (Å²) in [5.74, 6) is -1.35. The molecule has 2 atom stereocenters. The maximum Gasteiger partial charge on any atom is 0.326 e. The third kappa shape index (κ3) is 3.59. The molecular formula is C14H23N3O3. The van der Waals surface area contributed by atoms with Crippen LogP contribution in [0, 0.1) is 5.92 Å². The molecule has 0 saturated carbocycles. The summed E-state index contributed by atoms with van der Waals surface area (Å²) in [5.41, 5.74) is 1.19. The molecule has 1 aromatic heterocycles. The van der Waals surface area contributed by atoms with Crippen molar-refractivity contribution in [1.82, 2.24) is 15.1 Å². The molecule has 0 radical (unpaired) electrons. The first-order valence-electron chi connectivity index (χ1n) is 6.85. The summed E-state index contributed by atoms with van der Waals surface area (Å²) in [6.45, 7) is 7.72. The lowest BCUT2D eigenvalue weighted by Gasteiger charge is -2.19. The first-order chi connectivity index (χ1) is 9.27. The topological polar surface area (TPSA) is 84.2 Å². The molecule has 2 unspecified atom stereocenters. The molecule has 6 heteroatoms. The molecular weight excluding hydrogens is 258 g/mol. The smallest absolute Gasteiger partial charge is 0.326 e. The van der Waals surface area contributed by atoms with Crippen LogP contribution in [-0.4, -0.2) is 32.8 Å². The van der Waals surface area contributed by atoms with E-state index in [0.29, 0.717) is 6.42 Å². The van der Waals surface area contributed by atoms with E-state index in [2.05, 4.69) is 10.4 Å². The number of carboxylic acid groups (broad SMARTS) is 1. The van der Waals surface area contributed by atoms with Gasteiger partial charge in [-0.15, -0.1) is 0 Å². The Morgan fingerprint density at radius 1 is 1.40 bits per heavy atom. The highest BCUT2D eigenvalue weighted by Crippen LogP contribution is 2.15. The summed E-state index contributed by atoms with van der Waals surface area (Å²) in [6, 6.07) is 0.812. The number of aliphatic carboxylic acids is 1. The maximum atomic E-state index is 12.1. The van der Waals surface area contributed by atoms with Crippen molar-refractivity contribution in [3.05, 3.63) is 17.5 Å². The lowest BCUT2D eigenvalue weighted by atomic mass is 9.99. The second kappa shape index (κ2) is 6.54. The van der Waals surface area contributed by atoms with Crippen LogP contribution in [0.15, 0.2) is 6.07 Å². The number of aryl methyl sites for hydroxylation is 1. The average molecular weight is 281 g/mol. The first kappa shape index (κ1) is 16.2. The quantitative estimate of drug-likeness (QED) is 0.832. The maximum absolute atomic E-state index is 12.1. The van der Waals surface area contributed by atoms with E-state index in [-0.39, 0.29) is 17.5 Å². The number of nitrogens with one attached hydrogen (secondary N) is 1. The minimum Gasteiger partial charge on any atom is -0.480 e. The fraction of sp³-hybridized carbons (Fsp3) is 0.643. The molecule has 1 aromatic rings. The van der Waals surface area contributed by atoms with Gasteiger partial charge in [-0.3, -0.25) is 9.48 Å². The number of aromatic nitrogens is 2. The zero-order valence-corrected chi connectivity index (χ0v) is 12.7. The average Bonchev–Trinajstić information content (AvgIpc) is 2.76. The molecule has 0 aliphatic carbocycles. The number of carboxylic acids is 1. The molecule has 0 fully saturated rings. The highest BCUT2D eigenvalue weighted by atomic mass is 16.4. The number of carbonyl (C=O) groups excluding carboxylic acids is 1. The number of carbonyl (C=O) groups is 2. The normalized spacial score (nSPS) is 14.1. The Labute approximate surface area is 119 Å². The first-order valence-corrected chi connectivity index (χ1v) is 6.85. The van der Waals surface area contributed by atoms with Crippen LogP contribution in [0.25, 0.3) is 0 Å². The molecule has 0 aromatic carbocycles. The molecule has 112 valence electrons. The van der Waals surface area contributed by atoms with Crippen molar-refractivity contribution in [3.8, 4) is 0 Å². The molecule has 1 amide bonds. The van der Waals surface area contributed by atoms with Crippen LogP contribution in [0.1, 0.15) is 56.2 Å². The summed E-state index contributed by atoms with van der Waals surface area (Å²) < 4.78 is 1.65. The van der Waals surface area contributed by atoms with Gasteiger partial charge in [0.2, 0.25) is 0 Å². The molecule has 0 aliphatic rings. The number of hydrogen-bond acceptors (Lipinski definition) is 3. The number of rotatable bonds is 6. The van der Waals surface area contributed by atoms with Crippen molar-refractivity contribution in [3.63, 3.8) is 0 Å². The Hall–Kier alpha value is -1.85. The molecule has 6 nitrogen and oxygen atoms in total. The van der Waals surface area contributed by atoms with Crippen molar-refractivity contribution < 1.29 is 14.7 Å². The van der Waals surface area contributed by atoms with Crippen LogP contribution in [-0.2, 0) is 11.8 Å². The van der Waals surface area contributed by atoms with E-state index < -0.39 is 17.9 Å². The number of nitrogens with zero attached hydrogens (tertiary/aromatic N) is 2. The highest BCUT2D eigenvalue weighted by Gasteiger charge is 2.27. The molecule has 0 spiro atoms. The van der Waals surface area contributed by atoms with Crippen LogP contribution in [0.3, 0.4) is 0 Å². The molecule has 0 bridgehead atoms. The van der Waals surface area contributed by atoms with Crippen molar-refractivity contribution >= 4 is 11.9 Å². The summed E-state index contributed by atoms with van der Waals surface area (Å²) >= 11 is 0. The minimum atomic E-state index is -1.02. The van der Waals surface area contributed by atoms with E-state index in [4.69, 9.17) is 0 Å². The van der Waals surface area contributed by atoms with Gasteiger partial charge in [0, 0.05) is 12.7 Å². The van der Waals surface area contributed by atoms with Gasteiger partial charge in [-0.1, -0.05) is 34.1 Å². The number of amides is 1. The monoisotopic (exact) mass is 281 g/mol. The van der Waals surface area contributed by atoms with Crippen molar-refractivity contribution in [2.24, 2.45) is 13.0 Å². The van der Waals surface area contributed by atoms with Crippen LogP contribution in [0.5, 0.6) is 0 Å². The van der Waals surface area contributed by atoms with E-state index in [0.717, 1.165) is 5.69 Å². The van der Waals surface area contributed by atoms with Gasteiger partial charge in [-0.2, -0.15) is 5.10 Å².